The van der Waals surface area contributed by atoms with Gasteiger partial charge in [-0.05, 0) is 64.0 Å². The molecule has 3 heterocycles. The number of hydrogen-bond acceptors (Lipinski definition) is 5. The Balaban J connectivity index is 1.47. The lowest BCUT2D eigenvalue weighted by molar-refractivity contribution is 0.0584. The molecule has 1 aromatic carbocycles. The maximum atomic E-state index is 13.6. The molecule has 0 unspecified atom stereocenters. The number of benzene rings is 1. The van der Waals surface area contributed by atoms with E-state index in [0.717, 1.165) is 46.4 Å². The molecular weight excluding hydrogens is 502 g/mol. The Kier molecular flexibility index (Phi) is 6.83. The molecule has 0 saturated heterocycles. The number of aromatic amines is 1. The van der Waals surface area contributed by atoms with Crippen molar-refractivity contribution in [3.63, 3.8) is 0 Å². The molecule has 1 fully saturated rings. The van der Waals surface area contributed by atoms with Crippen LogP contribution < -0.4 is 20.3 Å². The highest BCUT2D eigenvalue weighted by Gasteiger charge is 2.33. The van der Waals surface area contributed by atoms with Crippen molar-refractivity contribution in [2.75, 3.05) is 11.4 Å². The first-order valence-electron chi connectivity index (χ1n) is 12.4. The Morgan fingerprint density at radius 2 is 1.84 bits per heavy atom. The van der Waals surface area contributed by atoms with Gasteiger partial charge in [0.15, 0.2) is 0 Å². The van der Waals surface area contributed by atoms with E-state index in [1.54, 1.807) is 11.1 Å². The first kappa shape index (κ1) is 25.4. The van der Waals surface area contributed by atoms with Crippen molar-refractivity contribution in [3.8, 4) is 5.75 Å². The number of rotatable bonds is 3. The Bertz CT molecular complexity index is 1380. The maximum absolute atomic E-state index is 13.6. The molecule has 1 aromatic heterocycles. The second kappa shape index (κ2) is 9.93. The number of allylic oxidation sites excluding steroid dienone is 1. The number of carbonyl (C=O) groups is 1. The van der Waals surface area contributed by atoms with Gasteiger partial charge in [-0.2, -0.15) is 10.2 Å². The van der Waals surface area contributed by atoms with Gasteiger partial charge in [0.25, 0.3) is 0 Å². The SMILES string of the molecule is CC(C)(C)OC(=O)N1CC=C(Cl)C([C@H]2CC[C@H](Oc3cc(F)cc(F)c3)CC2)=c2[nH]c3c(c21)CN=NC=3. The molecule has 0 bridgehead atoms. The minimum atomic E-state index is -0.664. The van der Waals surface area contributed by atoms with Crippen LogP contribution in [0, 0.1) is 17.6 Å². The van der Waals surface area contributed by atoms with E-state index in [9.17, 15) is 13.6 Å². The third-order valence-corrected chi connectivity index (χ3v) is 7.05. The minimum Gasteiger partial charge on any atom is -0.490 e. The lowest BCUT2D eigenvalue weighted by Crippen LogP contribution is -2.39. The molecule has 0 radical (unpaired) electrons. The number of aromatic nitrogens is 1. The van der Waals surface area contributed by atoms with E-state index in [-0.39, 0.29) is 24.3 Å². The van der Waals surface area contributed by atoms with E-state index in [2.05, 4.69) is 15.2 Å². The number of nitrogens with one attached hydrogen (secondary N) is 1. The van der Waals surface area contributed by atoms with Crippen LogP contribution in [0.3, 0.4) is 0 Å². The third kappa shape index (κ3) is 5.42. The fourth-order valence-electron chi connectivity index (χ4n) is 5.15. The number of ether oxygens (including phenoxy) is 2. The fraction of sp³-hybridized carbons (Fsp3) is 0.444. The van der Waals surface area contributed by atoms with E-state index in [0.29, 0.717) is 24.4 Å². The van der Waals surface area contributed by atoms with Gasteiger partial charge in [-0.1, -0.05) is 11.6 Å². The number of carbonyl (C=O) groups excluding carboxylic acids is 1. The van der Waals surface area contributed by atoms with Gasteiger partial charge in [-0.15, -0.1) is 0 Å². The molecule has 2 aromatic rings. The molecule has 1 saturated carbocycles. The summed E-state index contributed by atoms with van der Waals surface area (Å²) >= 11 is 6.87. The van der Waals surface area contributed by atoms with E-state index in [1.165, 1.54) is 12.1 Å². The molecule has 5 rings (SSSR count). The van der Waals surface area contributed by atoms with E-state index in [4.69, 9.17) is 21.1 Å². The maximum Gasteiger partial charge on any atom is 0.415 e. The van der Waals surface area contributed by atoms with Crippen LogP contribution in [0.4, 0.5) is 19.3 Å². The van der Waals surface area contributed by atoms with Gasteiger partial charge >= 0.3 is 6.09 Å². The second-order valence-corrected chi connectivity index (χ2v) is 10.9. The summed E-state index contributed by atoms with van der Waals surface area (Å²) in [6, 6.07) is 3.22. The highest BCUT2D eigenvalue weighted by Crippen LogP contribution is 2.38. The van der Waals surface area contributed by atoms with Crippen LogP contribution in [0.2, 0.25) is 0 Å². The molecule has 10 heteroatoms. The van der Waals surface area contributed by atoms with Crippen molar-refractivity contribution in [3.05, 3.63) is 57.2 Å². The smallest absolute Gasteiger partial charge is 0.415 e. The van der Waals surface area contributed by atoms with Crippen molar-refractivity contribution in [1.29, 1.82) is 0 Å². The summed E-state index contributed by atoms with van der Waals surface area (Å²) in [5.74, 6) is -1.04. The zero-order valence-electron chi connectivity index (χ0n) is 21.0. The third-order valence-electron chi connectivity index (χ3n) is 6.69. The first-order chi connectivity index (χ1) is 17.6. The molecule has 3 aliphatic rings. The zero-order chi connectivity index (χ0) is 26.3. The Hall–Kier alpha value is -3.20. The number of nitrogens with zero attached hydrogens (tertiary/aromatic N) is 3. The van der Waals surface area contributed by atoms with Crippen LogP contribution in [0.5, 0.6) is 5.75 Å². The summed E-state index contributed by atoms with van der Waals surface area (Å²) < 4.78 is 38.8. The summed E-state index contributed by atoms with van der Waals surface area (Å²) in [6.07, 6.45) is 5.78. The number of fused-ring (bicyclic) bond motifs is 3. The summed E-state index contributed by atoms with van der Waals surface area (Å²) in [7, 11) is 0. The van der Waals surface area contributed by atoms with Crippen molar-refractivity contribution in [2.45, 2.75) is 64.7 Å². The summed E-state index contributed by atoms with van der Waals surface area (Å²) in [6.45, 7) is 6.09. The zero-order valence-corrected chi connectivity index (χ0v) is 21.7. The number of azo groups is 1. The van der Waals surface area contributed by atoms with E-state index < -0.39 is 23.3 Å². The quantitative estimate of drug-likeness (QED) is 0.556. The molecule has 2 aliphatic heterocycles. The molecule has 37 heavy (non-hydrogen) atoms. The molecule has 1 aliphatic carbocycles. The van der Waals surface area contributed by atoms with Crippen molar-refractivity contribution >= 4 is 35.2 Å². The van der Waals surface area contributed by atoms with Crippen LogP contribution in [-0.4, -0.2) is 29.3 Å². The van der Waals surface area contributed by atoms with Crippen LogP contribution in [0.15, 0.2) is 39.5 Å². The lowest BCUT2D eigenvalue weighted by atomic mass is 9.81. The van der Waals surface area contributed by atoms with Crippen LogP contribution in [-0.2, 0) is 11.3 Å². The van der Waals surface area contributed by atoms with Gasteiger partial charge in [0.05, 0.1) is 35.2 Å². The molecule has 0 spiro atoms. The standard InChI is InChI=1S/C27H29ClF2N4O3/c1-27(2,3)37-26(35)34-9-8-21(28)23(24-25(34)20-13-31-32-14-22(20)33-24)15-4-6-18(7-5-15)36-19-11-16(29)10-17(30)12-19/h8,10-12,14-15,18,33H,4-7,9,13H2,1-3H3/t15-,18-. The van der Waals surface area contributed by atoms with Crippen LogP contribution in [0.1, 0.15) is 52.0 Å². The number of amides is 1. The number of anilines is 1. The lowest BCUT2D eigenvalue weighted by Gasteiger charge is -2.30. The van der Waals surface area contributed by atoms with Gasteiger partial charge < -0.3 is 14.5 Å². The average molecular weight is 531 g/mol. The molecular formula is C27H29ClF2N4O3. The predicted octanol–water partition coefficient (Wildman–Crippen LogP) is 5.66. The molecule has 1 N–H and O–H groups in total. The summed E-state index contributed by atoms with van der Waals surface area (Å²) in [4.78, 5) is 18.3. The Morgan fingerprint density at radius 1 is 1.14 bits per heavy atom. The van der Waals surface area contributed by atoms with Crippen molar-refractivity contribution < 1.29 is 23.0 Å². The molecule has 0 atom stereocenters. The topological polar surface area (TPSA) is 79.3 Å². The van der Waals surface area contributed by atoms with Crippen LogP contribution >= 0.6 is 11.6 Å². The molecule has 1 amide bonds. The van der Waals surface area contributed by atoms with Gasteiger partial charge in [0.2, 0.25) is 0 Å². The second-order valence-electron chi connectivity index (χ2n) is 10.5. The van der Waals surface area contributed by atoms with Gasteiger partial charge in [0, 0.05) is 35.3 Å². The Labute approximate surface area is 218 Å². The van der Waals surface area contributed by atoms with Gasteiger partial charge in [-0.3, -0.25) is 4.90 Å². The van der Waals surface area contributed by atoms with Crippen LogP contribution in [0.25, 0.3) is 11.8 Å². The highest BCUT2D eigenvalue weighted by molar-refractivity contribution is 6.36. The monoisotopic (exact) mass is 530 g/mol. The van der Waals surface area contributed by atoms with E-state index >= 15 is 0 Å². The number of H-pyrrole nitrogens is 1. The van der Waals surface area contributed by atoms with Gasteiger partial charge in [-0.25, -0.2) is 13.6 Å². The van der Waals surface area contributed by atoms with Gasteiger partial charge in [0.1, 0.15) is 23.0 Å². The molecule has 7 nitrogen and oxygen atoms in total. The molecule has 196 valence electrons. The normalized spacial score (nSPS) is 21.4. The summed E-state index contributed by atoms with van der Waals surface area (Å²) in [5.41, 5.74) is 1.86. The number of halogens is 3. The highest BCUT2D eigenvalue weighted by atomic mass is 35.5. The number of hydrogen-bond donors (Lipinski definition) is 1. The van der Waals surface area contributed by atoms with Crippen molar-refractivity contribution in [2.24, 2.45) is 16.1 Å². The fourth-order valence-corrected chi connectivity index (χ4v) is 5.47. The average Bonchev–Trinajstić information content (AvgIpc) is 3.10. The first-order valence-corrected chi connectivity index (χ1v) is 12.8. The van der Waals surface area contributed by atoms with E-state index in [1.807, 2.05) is 26.8 Å². The van der Waals surface area contributed by atoms with Crippen molar-refractivity contribution in [1.82, 2.24) is 4.98 Å². The summed E-state index contributed by atoms with van der Waals surface area (Å²) in [5, 5.41) is 10.3. The predicted molar refractivity (Wildman–Crippen MR) is 137 cm³/mol. The minimum absolute atomic E-state index is 0.0964. The Morgan fingerprint density at radius 3 is 2.51 bits per heavy atom. The largest absolute Gasteiger partial charge is 0.490 e.